The molecule has 0 radical (unpaired) electrons. The van der Waals surface area contributed by atoms with Gasteiger partial charge in [-0.3, -0.25) is 0 Å². The van der Waals surface area contributed by atoms with Gasteiger partial charge in [-0.15, -0.1) is 0 Å². The third kappa shape index (κ3) is 1.89. The first kappa shape index (κ1) is 10.2. The van der Waals surface area contributed by atoms with E-state index in [1.165, 1.54) is 0 Å². The average Bonchev–Trinajstić information content (AvgIpc) is 2.64. The molecule has 0 aliphatic carbocycles. The van der Waals surface area contributed by atoms with Crippen molar-refractivity contribution in [2.75, 3.05) is 0 Å². The minimum absolute atomic E-state index is 0.461. The van der Waals surface area contributed by atoms with E-state index < -0.39 is 0 Å². The molecule has 2 N–H and O–H groups in total. The topological polar surface area (TPSA) is 43.8 Å². The molecule has 1 aromatic heterocycles. The Morgan fingerprint density at radius 2 is 2.27 bits per heavy atom. The second kappa shape index (κ2) is 4.04. The minimum atomic E-state index is 0.461. The Kier molecular flexibility index (Phi) is 2.75. The lowest BCUT2D eigenvalue weighted by atomic mass is 10.1. The van der Waals surface area contributed by atoms with Crippen molar-refractivity contribution in [3.8, 4) is 11.4 Å². The fourth-order valence-electron chi connectivity index (χ4n) is 1.57. The summed E-state index contributed by atoms with van der Waals surface area (Å²) in [6, 6.07) is 5.68. The van der Waals surface area contributed by atoms with Crippen LogP contribution in [0.25, 0.3) is 11.4 Å². The molecule has 0 bridgehead atoms. The zero-order valence-electron chi connectivity index (χ0n) is 8.44. The summed E-state index contributed by atoms with van der Waals surface area (Å²) < 4.78 is 1.96. The molecule has 0 saturated carbocycles. The van der Waals surface area contributed by atoms with Crippen molar-refractivity contribution in [2.24, 2.45) is 12.8 Å². The number of hydrogen-bond acceptors (Lipinski definition) is 2. The van der Waals surface area contributed by atoms with Gasteiger partial charge in [0, 0.05) is 36.6 Å². The van der Waals surface area contributed by atoms with Crippen LogP contribution in [0.1, 0.15) is 5.56 Å². The lowest BCUT2D eigenvalue weighted by Gasteiger charge is -2.07. The molecule has 0 aliphatic heterocycles. The summed E-state index contributed by atoms with van der Waals surface area (Å²) in [6.07, 6.45) is 3.68. The maximum atomic E-state index is 5.91. The van der Waals surface area contributed by atoms with Gasteiger partial charge in [-0.2, -0.15) is 0 Å². The molecule has 1 aromatic carbocycles. The van der Waals surface area contributed by atoms with E-state index in [1.807, 2.05) is 36.0 Å². The molecule has 2 rings (SSSR count). The van der Waals surface area contributed by atoms with Gasteiger partial charge in [-0.1, -0.05) is 11.6 Å². The highest BCUT2D eigenvalue weighted by Gasteiger charge is 2.08. The van der Waals surface area contributed by atoms with Crippen molar-refractivity contribution in [1.82, 2.24) is 9.55 Å². The van der Waals surface area contributed by atoms with Crippen LogP contribution in [0.3, 0.4) is 0 Å². The molecule has 15 heavy (non-hydrogen) atoms. The number of benzene rings is 1. The van der Waals surface area contributed by atoms with Crippen LogP contribution in [-0.4, -0.2) is 9.55 Å². The van der Waals surface area contributed by atoms with Gasteiger partial charge in [-0.25, -0.2) is 4.98 Å². The first-order valence-electron chi connectivity index (χ1n) is 4.68. The summed E-state index contributed by atoms with van der Waals surface area (Å²) in [5.74, 6) is 0.909. The van der Waals surface area contributed by atoms with Gasteiger partial charge in [-0.05, 0) is 23.8 Å². The zero-order chi connectivity index (χ0) is 10.8. The van der Waals surface area contributed by atoms with Crippen molar-refractivity contribution < 1.29 is 0 Å². The lowest BCUT2D eigenvalue weighted by molar-refractivity contribution is 0.919. The van der Waals surface area contributed by atoms with Crippen LogP contribution in [0.4, 0.5) is 0 Å². The third-order valence-electron chi connectivity index (χ3n) is 2.35. The summed E-state index contributed by atoms with van der Waals surface area (Å²) in [5.41, 5.74) is 7.73. The summed E-state index contributed by atoms with van der Waals surface area (Å²) in [7, 11) is 1.96. The quantitative estimate of drug-likeness (QED) is 0.845. The van der Waals surface area contributed by atoms with E-state index in [2.05, 4.69) is 4.98 Å². The van der Waals surface area contributed by atoms with E-state index in [4.69, 9.17) is 17.3 Å². The molecule has 2 aromatic rings. The molecule has 3 nitrogen and oxygen atoms in total. The predicted octanol–water partition coefficient (Wildman–Crippen LogP) is 2.20. The van der Waals surface area contributed by atoms with Crippen molar-refractivity contribution in [1.29, 1.82) is 0 Å². The summed E-state index contributed by atoms with van der Waals surface area (Å²) in [6.45, 7) is 0.461. The average molecular weight is 222 g/mol. The van der Waals surface area contributed by atoms with E-state index in [9.17, 15) is 0 Å². The maximum absolute atomic E-state index is 5.91. The van der Waals surface area contributed by atoms with Crippen LogP contribution in [0.5, 0.6) is 0 Å². The van der Waals surface area contributed by atoms with Crippen LogP contribution in [0, 0.1) is 0 Å². The summed E-state index contributed by atoms with van der Waals surface area (Å²) in [4.78, 5) is 4.29. The third-order valence-corrected chi connectivity index (χ3v) is 2.58. The summed E-state index contributed by atoms with van der Waals surface area (Å²) in [5, 5.41) is 0.702. The van der Waals surface area contributed by atoms with Crippen molar-refractivity contribution >= 4 is 11.6 Å². The first-order valence-corrected chi connectivity index (χ1v) is 5.06. The molecular formula is C11H12ClN3. The number of aryl methyl sites for hydroxylation is 1. The van der Waals surface area contributed by atoms with Crippen LogP contribution >= 0.6 is 11.6 Å². The molecule has 0 amide bonds. The Morgan fingerprint density at radius 1 is 1.47 bits per heavy atom. The highest BCUT2D eigenvalue weighted by molar-refractivity contribution is 6.30. The molecule has 0 unspecified atom stereocenters. The fourth-order valence-corrected chi connectivity index (χ4v) is 1.77. The Labute approximate surface area is 93.5 Å². The molecule has 4 heteroatoms. The maximum Gasteiger partial charge on any atom is 0.139 e. The van der Waals surface area contributed by atoms with Gasteiger partial charge in [0.25, 0.3) is 0 Å². The Balaban J connectivity index is 2.58. The normalized spacial score (nSPS) is 10.6. The SMILES string of the molecule is Cn1ccnc1-c1ccc(Cl)cc1CN. The van der Waals surface area contributed by atoms with Gasteiger partial charge in [0.05, 0.1) is 0 Å². The molecular weight excluding hydrogens is 210 g/mol. The molecule has 0 atom stereocenters. The molecule has 78 valence electrons. The number of hydrogen-bond donors (Lipinski definition) is 1. The Morgan fingerprint density at radius 3 is 2.87 bits per heavy atom. The van der Waals surface area contributed by atoms with Crippen molar-refractivity contribution in [3.63, 3.8) is 0 Å². The van der Waals surface area contributed by atoms with E-state index in [-0.39, 0.29) is 0 Å². The van der Waals surface area contributed by atoms with Crippen LogP contribution in [0.2, 0.25) is 5.02 Å². The molecule has 0 spiro atoms. The van der Waals surface area contributed by atoms with Crippen LogP contribution < -0.4 is 5.73 Å². The highest BCUT2D eigenvalue weighted by Crippen LogP contribution is 2.24. The van der Waals surface area contributed by atoms with Crippen LogP contribution in [-0.2, 0) is 13.6 Å². The summed E-state index contributed by atoms with van der Waals surface area (Å²) >= 11 is 5.91. The van der Waals surface area contributed by atoms with Gasteiger partial charge in [0.1, 0.15) is 5.82 Å². The number of rotatable bonds is 2. The van der Waals surface area contributed by atoms with Gasteiger partial charge in [0.15, 0.2) is 0 Å². The zero-order valence-corrected chi connectivity index (χ0v) is 9.20. The number of nitrogens with two attached hydrogens (primary N) is 1. The minimum Gasteiger partial charge on any atom is -0.334 e. The van der Waals surface area contributed by atoms with Crippen molar-refractivity contribution in [2.45, 2.75) is 6.54 Å². The molecule has 0 fully saturated rings. The second-order valence-corrected chi connectivity index (χ2v) is 3.80. The van der Waals surface area contributed by atoms with Crippen molar-refractivity contribution in [3.05, 3.63) is 41.2 Å². The number of halogens is 1. The monoisotopic (exact) mass is 221 g/mol. The lowest BCUT2D eigenvalue weighted by Crippen LogP contribution is -2.01. The van der Waals surface area contributed by atoms with E-state index in [1.54, 1.807) is 6.20 Å². The number of imidazole rings is 1. The van der Waals surface area contributed by atoms with Gasteiger partial charge >= 0.3 is 0 Å². The first-order chi connectivity index (χ1) is 7.22. The molecule has 1 heterocycles. The fraction of sp³-hybridized carbons (Fsp3) is 0.182. The Hall–Kier alpha value is -1.32. The predicted molar refractivity (Wildman–Crippen MR) is 61.5 cm³/mol. The number of aromatic nitrogens is 2. The van der Waals surface area contributed by atoms with Gasteiger partial charge < -0.3 is 10.3 Å². The van der Waals surface area contributed by atoms with E-state index in [0.717, 1.165) is 17.0 Å². The van der Waals surface area contributed by atoms with E-state index in [0.29, 0.717) is 11.6 Å². The highest BCUT2D eigenvalue weighted by atomic mass is 35.5. The second-order valence-electron chi connectivity index (χ2n) is 3.37. The Bertz CT molecular complexity index is 476. The molecule has 0 aliphatic rings. The smallest absolute Gasteiger partial charge is 0.139 e. The van der Waals surface area contributed by atoms with Gasteiger partial charge in [0.2, 0.25) is 0 Å². The largest absolute Gasteiger partial charge is 0.334 e. The number of nitrogens with zero attached hydrogens (tertiary/aromatic N) is 2. The van der Waals surface area contributed by atoms with Crippen LogP contribution in [0.15, 0.2) is 30.6 Å². The molecule has 0 saturated heterocycles. The van der Waals surface area contributed by atoms with E-state index >= 15 is 0 Å². The standard InChI is InChI=1S/C11H12ClN3/c1-15-5-4-14-11(15)10-3-2-9(12)6-8(10)7-13/h2-6H,7,13H2,1H3.